The fourth-order valence-corrected chi connectivity index (χ4v) is 1.14. The molecule has 1 N–H and O–H groups in total. The van der Waals surface area contributed by atoms with Crippen molar-refractivity contribution >= 4 is 17.3 Å². The third-order valence-electron chi connectivity index (χ3n) is 1.53. The fourth-order valence-electron chi connectivity index (χ4n) is 0.906. The van der Waals surface area contributed by atoms with E-state index in [9.17, 15) is 4.39 Å². The van der Waals surface area contributed by atoms with Crippen molar-refractivity contribution < 1.29 is 4.39 Å². The van der Waals surface area contributed by atoms with Crippen molar-refractivity contribution in [3.63, 3.8) is 0 Å². The second kappa shape index (κ2) is 4.28. The van der Waals surface area contributed by atoms with Gasteiger partial charge in [0.15, 0.2) is 0 Å². The number of hydrogen-bond acceptors (Lipinski definition) is 1. The molecule has 1 nitrogen and oxygen atoms in total. The van der Waals surface area contributed by atoms with Gasteiger partial charge < -0.3 is 5.32 Å². The Labute approximate surface area is 82.2 Å². The van der Waals surface area contributed by atoms with Crippen molar-refractivity contribution in [2.24, 2.45) is 0 Å². The molecular formula is C10H11ClFN. The second-order valence-electron chi connectivity index (χ2n) is 2.91. The summed E-state index contributed by atoms with van der Waals surface area (Å²) in [7, 11) is 0. The van der Waals surface area contributed by atoms with Crippen molar-refractivity contribution in [2.75, 3.05) is 11.9 Å². The van der Waals surface area contributed by atoms with Crippen LogP contribution in [-0.4, -0.2) is 6.54 Å². The highest BCUT2D eigenvalue weighted by Crippen LogP contribution is 2.24. The predicted molar refractivity (Wildman–Crippen MR) is 54.7 cm³/mol. The lowest BCUT2D eigenvalue weighted by atomic mass is 10.3. The highest BCUT2D eigenvalue weighted by molar-refractivity contribution is 6.33. The van der Waals surface area contributed by atoms with Crippen LogP contribution < -0.4 is 5.32 Å². The van der Waals surface area contributed by atoms with Gasteiger partial charge in [0.25, 0.3) is 0 Å². The SMILES string of the molecule is C=C(C)CNc1c(F)cccc1Cl. The minimum Gasteiger partial charge on any atom is -0.378 e. The quantitative estimate of drug-likeness (QED) is 0.736. The first-order valence-electron chi connectivity index (χ1n) is 3.93. The van der Waals surface area contributed by atoms with Crippen molar-refractivity contribution in [3.8, 4) is 0 Å². The van der Waals surface area contributed by atoms with Gasteiger partial charge in [-0.05, 0) is 19.1 Å². The summed E-state index contributed by atoms with van der Waals surface area (Å²) in [4.78, 5) is 0. The van der Waals surface area contributed by atoms with Crippen LogP contribution in [0.1, 0.15) is 6.92 Å². The average molecular weight is 200 g/mol. The molecule has 1 aromatic rings. The van der Waals surface area contributed by atoms with Crippen LogP contribution in [0.25, 0.3) is 0 Å². The smallest absolute Gasteiger partial charge is 0.147 e. The molecule has 0 saturated heterocycles. The first-order chi connectivity index (χ1) is 6.11. The van der Waals surface area contributed by atoms with E-state index in [4.69, 9.17) is 11.6 Å². The summed E-state index contributed by atoms with van der Waals surface area (Å²) in [6, 6.07) is 4.58. The molecule has 0 aliphatic carbocycles. The molecule has 0 radical (unpaired) electrons. The number of para-hydroxylation sites is 1. The molecule has 0 atom stereocenters. The number of nitrogens with one attached hydrogen (secondary N) is 1. The van der Waals surface area contributed by atoms with Crippen LogP contribution >= 0.6 is 11.6 Å². The largest absolute Gasteiger partial charge is 0.378 e. The minimum absolute atomic E-state index is 0.339. The molecule has 0 aliphatic heterocycles. The van der Waals surface area contributed by atoms with E-state index in [0.29, 0.717) is 17.3 Å². The van der Waals surface area contributed by atoms with Crippen LogP contribution in [0.4, 0.5) is 10.1 Å². The zero-order valence-corrected chi connectivity index (χ0v) is 8.16. The van der Waals surface area contributed by atoms with Gasteiger partial charge in [0.1, 0.15) is 5.82 Å². The maximum atomic E-state index is 13.1. The van der Waals surface area contributed by atoms with Gasteiger partial charge in [0, 0.05) is 6.54 Å². The molecule has 0 unspecified atom stereocenters. The summed E-state index contributed by atoms with van der Waals surface area (Å²) < 4.78 is 13.1. The Balaban J connectivity index is 2.81. The Morgan fingerprint density at radius 1 is 1.62 bits per heavy atom. The average Bonchev–Trinajstić information content (AvgIpc) is 2.03. The van der Waals surface area contributed by atoms with Crippen molar-refractivity contribution in [1.29, 1.82) is 0 Å². The van der Waals surface area contributed by atoms with Gasteiger partial charge in [-0.3, -0.25) is 0 Å². The molecule has 0 bridgehead atoms. The molecule has 0 amide bonds. The van der Waals surface area contributed by atoms with E-state index >= 15 is 0 Å². The molecule has 0 aromatic heterocycles. The molecule has 0 spiro atoms. The molecule has 1 aromatic carbocycles. The zero-order valence-electron chi connectivity index (χ0n) is 7.40. The summed E-state index contributed by atoms with van der Waals surface area (Å²) in [5.74, 6) is -0.339. The fraction of sp³-hybridized carbons (Fsp3) is 0.200. The first-order valence-corrected chi connectivity index (χ1v) is 4.31. The number of hydrogen-bond donors (Lipinski definition) is 1. The number of benzene rings is 1. The maximum Gasteiger partial charge on any atom is 0.147 e. The Kier molecular flexibility index (Phi) is 3.32. The van der Waals surface area contributed by atoms with Gasteiger partial charge in [-0.15, -0.1) is 0 Å². The molecule has 1 rings (SSSR count). The van der Waals surface area contributed by atoms with Crippen molar-refractivity contribution in [1.82, 2.24) is 0 Å². The first kappa shape index (κ1) is 10.1. The van der Waals surface area contributed by atoms with E-state index in [2.05, 4.69) is 11.9 Å². The van der Waals surface area contributed by atoms with E-state index in [1.807, 2.05) is 6.92 Å². The molecule has 0 heterocycles. The summed E-state index contributed by atoms with van der Waals surface area (Å²) in [5, 5.41) is 3.26. The van der Waals surface area contributed by atoms with Gasteiger partial charge in [-0.25, -0.2) is 4.39 Å². The van der Waals surface area contributed by atoms with E-state index in [-0.39, 0.29) is 5.82 Å². The van der Waals surface area contributed by atoms with E-state index in [0.717, 1.165) is 5.57 Å². The van der Waals surface area contributed by atoms with Crippen LogP contribution in [0.3, 0.4) is 0 Å². The highest BCUT2D eigenvalue weighted by Gasteiger charge is 2.04. The normalized spacial score (nSPS) is 9.77. The van der Waals surface area contributed by atoms with Crippen LogP contribution in [0.2, 0.25) is 5.02 Å². The molecule has 0 aliphatic rings. The maximum absolute atomic E-state index is 13.1. The molecule has 0 saturated carbocycles. The van der Waals surface area contributed by atoms with Crippen LogP contribution in [0.5, 0.6) is 0 Å². The minimum atomic E-state index is -0.339. The van der Waals surface area contributed by atoms with Gasteiger partial charge in [0.2, 0.25) is 0 Å². The summed E-state index contributed by atoms with van der Waals surface area (Å²) in [6.45, 7) is 6.09. The second-order valence-corrected chi connectivity index (χ2v) is 3.31. The summed E-state index contributed by atoms with van der Waals surface area (Å²) in [6.07, 6.45) is 0. The monoisotopic (exact) mass is 199 g/mol. The molecule has 3 heteroatoms. The predicted octanol–water partition coefficient (Wildman–Crippen LogP) is 3.47. The molecule has 0 fully saturated rings. The third-order valence-corrected chi connectivity index (χ3v) is 1.84. The Morgan fingerprint density at radius 2 is 2.31 bits per heavy atom. The van der Waals surface area contributed by atoms with Gasteiger partial charge in [-0.1, -0.05) is 29.8 Å². The third kappa shape index (κ3) is 2.74. The molecule has 13 heavy (non-hydrogen) atoms. The Morgan fingerprint density at radius 3 is 2.85 bits per heavy atom. The van der Waals surface area contributed by atoms with E-state index < -0.39 is 0 Å². The molecular weight excluding hydrogens is 189 g/mol. The van der Waals surface area contributed by atoms with Crippen molar-refractivity contribution in [2.45, 2.75) is 6.92 Å². The van der Waals surface area contributed by atoms with Crippen molar-refractivity contribution in [3.05, 3.63) is 41.2 Å². The molecule has 70 valence electrons. The Bertz CT molecular complexity index is 302. The van der Waals surface area contributed by atoms with Crippen LogP contribution in [-0.2, 0) is 0 Å². The van der Waals surface area contributed by atoms with Crippen LogP contribution in [0, 0.1) is 5.82 Å². The van der Waals surface area contributed by atoms with Gasteiger partial charge >= 0.3 is 0 Å². The lowest BCUT2D eigenvalue weighted by molar-refractivity contribution is 0.631. The van der Waals surface area contributed by atoms with Gasteiger partial charge in [-0.2, -0.15) is 0 Å². The Hall–Kier alpha value is -1.02. The highest BCUT2D eigenvalue weighted by atomic mass is 35.5. The number of halogens is 2. The summed E-state index contributed by atoms with van der Waals surface area (Å²) >= 11 is 5.78. The number of rotatable bonds is 3. The van der Waals surface area contributed by atoms with E-state index in [1.54, 1.807) is 12.1 Å². The number of anilines is 1. The lowest BCUT2D eigenvalue weighted by Crippen LogP contribution is -2.04. The van der Waals surface area contributed by atoms with Crippen LogP contribution in [0.15, 0.2) is 30.4 Å². The zero-order chi connectivity index (χ0) is 9.84. The summed E-state index contributed by atoms with van der Waals surface area (Å²) in [5.41, 5.74) is 1.27. The lowest BCUT2D eigenvalue weighted by Gasteiger charge is -2.08. The standard InChI is InChI=1S/C10H11ClFN/c1-7(2)6-13-10-8(11)4-3-5-9(10)12/h3-5,13H,1,6H2,2H3. The van der Waals surface area contributed by atoms with E-state index in [1.165, 1.54) is 6.07 Å². The van der Waals surface area contributed by atoms with Gasteiger partial charge in [0.05, 0.1) is 10.7 Å². The topological polar surface area (TPSA) is 12.0 Å².